The zero-order valence-corrected chi connectivity index (χ0v) is 21.4. The van der Waals surface area contributed by atoms with Gasteiger partial charge in [0.15, 0.2) is 0 Å². The summed E-state index contributed by atoms with van der Waals surface area (Å²) in [4.78, 5) is 14.8. The molecule has 0 atom stereocenters. The second-order valence-corrected chi connectivity index (χ2v) is 10.1. The van der Waals surface area contributed by atoms with Gasteiger partial charge in [-0.1, -0.05) is 40.5 Å². The minimum Gasteiger partial charge on any atom is -0.497 e. The van der Waals surface area contributed by atoms with E-state index in [4.69, 9.17) is 32.7 Å². The van der Waals surface area contributed by atoms with E-state index in [0.717, 1.165) is 48.0 Å². The molecule has 34 heavy (non-hydrogen) atoms. The standard InChI is InChI=1S/C24H26Cl2N4O3S/c1-3-33-24(31)22-23(30(28-27-22)15-16-4-6-20(32-2)7-5-16)34-21-8-10-29(11-9-21)19-13-17(25)12-18(26)14-19/h4-7,12-14,21H,3,8-11,15H2,1-2H3. The third-order valence-electron chi connectivity index (χ3n) is 5.58. The van der Waals surface area contributed by atoms with E-state index in [9.17, 15) is 4.79 Å². The Kier molecular flexibility index (Phi) is 8.24. The fraction of sp³-hybridized carbons (Fsp3) is 0.375. The van der Waals surface area contributed by atoms with Gasteiger partial charge in [-0.3, -0.25) is 0 Å². The van der Waals surface area contributed by atoms with Crippen LogP contribution in [0.2, 0.25) is 10.0 Å². The molecule has 0 unspecified atom stereocenters. The van der Waals surface area contributed by atoms with Crippen molar-refractivity contribution in [2.75, 3.05) is 31.7 Å². The fourth-order valence-electron chi connectivity index (χ4n) is 3.87. The predicted octanol–water partition coefficient (Wildman–Crippen LogP) is 5.58. The first-order valence-electron chi connectivity index (χ1n) is 11.1. The van der Waals surface area contributed by atoms with Crippen molar-refractivity contribution in [2.24, 2.45) is 0 Å². The number of nitrogens with zero attached hydrogens (tertiary/aromatic N) is 4. The van der Waals surface area contributed by atoms with Crippen molar-refractivity contribution in [2.45, 2.75) is 36.6 Å². The molecule has 0 N–H and O–H groups in total. The second-order valence-electron chi connectivity index (χ2n) is 7.90. The highest BCUT2D eigenvalue weighted by molar-refractivity contribution is 8.00. The first-order valence-corrected chi connectivity index (χ1v) is 12.7. The number of carbonyl (C=O) groups excluding carboxylic acids is 1. The molecule has 1 fully saturated rings. The van der Waals surface area contributed by atoms with E-state index in [1.54, 1.807) is 36.5 Å². The van der Waals surface area contributed by atoms with Crippen molar-refractivity contribution in [3.8, 4) is 5.75 Å². The zero-order chi connectivity index (χ0) is 24.1. The molecular weight excluding hydrogens is 495 g/mol. The Morgan fingerprint density at radius 3 is 2.41 bits per heavy atom. The minimum atomic E-state index is -0.447. The maximum Gasteiger partial charge on any atom is 0.361 e. The largest absolute Gasteiger partial charge is 0.497 e. The van der Waals surface area contributed by atoms with E-state index in [1.165, 1.54) is 0 Å². The van der Waals surface area contributed by atoms with E-state index in [1.807, 2.05) is 36.4 Å². The molecule has 0 amide bonds. The van der Waals surface area contributed by atoms with Crippen LogP contribution in [0.3, 0.4) is 0 Å². The number of aromatic nitrogens is 3. The molecule has 2 heterocycles. The van der Waals surface area contributed by atoms with Crippen LogP contribution in [0.25, 0.3) is 0 Å². The number of rotatable bonds is 8. The summed E-state index contributed by atoms with van der Waals surface area (Å²) in [6.07, 6.45) is 1.87. The van der Waals surface area contributed by atoms with Crippen molar-refractivity contribution < 1.29 is 14.3 Å². The van der Waals surface area contributed by atoms with E-state index in [-0.39, 0.29) is 12.3 Å². The Morgan fingerprint density at radius 1 is 1.12 bits per heavy atom. The Hall–Kier alpha value is -2.42. The van der Waals surface area contributed by atoms with Crippen LogP contribution in [0.4, 0.5) is 5.69 Å². The number of anilines is 1. The zero-order valence-electron chi connectivity index (χ0n) is 19.0. The quantitative estimate of drug-likeness (QED) is 0.359. The van der Waals surface area contributed by atoms with Gasteiger partial charge in [-0.05, 0) is 55.7 Å². The molecule has 1 aromatic heterocycles. The maximum absolute atomic E-state index is 12.6. The lowest BCUT2D eigenvalue weighted by Crippen LogP contribution is -2.35. The number of ether oxygens (including phenoxy) is 2. The van der Waals surface area contributed by atoms with Gasteiger partial charge in [0, 0.05) is 34.1 Å². The Labute approximate surface area is 213 Å². The van der Waals surface area contributed by atoms with Gasteiger partial charge in [-0.2, -0.15) is 0 Å². The summed E-state index contributed by atoms with van der Waals surface area (Å²) in [5.74, 6) is 0.342. The number of thioether (sulfide) groups is 1. The van der Waals surface area contributed by atoms with Gasteiger partial charge in [-0.15, -0.1) is 16.9 Å². The second kappa shape index (κ2) is 11.3. The van der Waals surface area contributed by atoms with E-state index >= 15 is 0 Å². The third-order valence-corrected chi connectivity index (χ3v) is 7.45. The molecule has 0 bridgehead atoms. The molecule has 0 saturated carbocycles. The van der Waals surface area contributed by atoms with Crippen LogP contribution < -0.4 is 9.64 Å². The van der Waals surface area contributed by atoms with Crippen LogP contribution in [0.15, 0.2) is 47.5 Å². The number of carbonyl (C=O) groups is 1. The number of methoxy groups -OCH3 is 1. The summed E-state index contributed by atoms with van der Waals surface area (Å²) in [6.45, 7) is 4.30. The maximum atomic E-state index is 12.6. The SMILES string of the molecule is CCOC(=O)c1nnn(Cc2ccc(OC)cc2)c1SC1CCN(c2cc(Cl)cc(Cl)c2)CC1. The van der Waals surface area contributed by atoms with E-state index in [0.29, 0.717) is 21.8 Å². The fourth-order valence-corrected chi connectivity index (χ4v) is 5.60. The van der Waals surface area contributed by atoms with Crippen LogP contribution in [-0.4, -0.2) is 53.0 Å². The van der Waals surface area contributed by atoms with Crippen LogP contribution in [0.5, 0.6) is 5.75 Å². The number of piperidine rings is 1. The predicted molar refractivity (Wildman–Crippen MR) is 136 cm³/mol. The Morgan fingerprint density at radius 2 is 1.79 bits per heavy atom. The molecule has 7 nitrogen and oxygen atoms in total. The lowest BCUT2D eigenvalue weighted by atomic mass is 10.1. The van der Waals surface area contributed by atoms with E-state index in [2.05, 4.69) is 15.2 Å². The first-order chi connectivity index (χ1) is 16.5. The van der Waals surface area contributed by atoms with Gasteiger partial charge in [-0.25, -0.2) is 9.48 Å². The lowest BCUT2D eigenvalue weighted by molar-refractivity contribution is 0.0515. The normalized spacial score (nSPS) is 14.3. The van der Waals surface area contributed by atoms with Crippen molar-refractivity contribution in [1.82, 2.24) is 15.0 Å². The number of esters is 1. The van der Waals surface area contributed by atoms with Crippen molar-refractivity contribution in [3.63, 3.8) is 0 Å². The van der Waals surface area contributed by atoms with Crippen molar-refractivity contribution in [1.29, 1.82) is 0 Å². The summed E-state index contributed by atoms with van der Waals surface area (Å²) < 4.78 is 12.3. The van der Waals surface area contributed by atoms with Crippen LogP contribution >= 0.6 is 35.0 Å². The van der Waals surface area contributed by atoms with Gasteiger partial charge in [0.1, 0.15) is 10.8 Å². The van der Waals surface area contributed by atoms with Crippen molar-refractivity contribution in [3.05, 3.63) is 63.8 Å². The van der Waals surface area contributed by atoms with Gasteiger partial charge >= 0.3 is 5.97 Å². The molecule has 4 rings (SSSR count). The molecule has 180 valence electrons. The van der Waals surface area contributed by atoms with Gasteiger partial charge in [0.2, 0.25) is 5.69 Å². The minimum absolute atomic E-state index is 0.268. The van der Waals surface area contributed by atoms with Gasteiger partial charge in [0.25, 0.3) is 0 Å². The highest BCUT2D eigenvalue weighted by Gasteiger charge is 2.27. The molecule has 3 aromatic rings. The molecule has 1 aliphatic rings. The topological polar surface area (TPSA) is 69.5 Å². The molecule has 2 aromatic carbocycles. The molecular formula is C24H26Cl2N4O3S. The van der Waals surface area contributed by atoms with Gasteiger partial charge in [0.05, 0.1) is 20.3 Å². The molecule has 0 radical (unpaired) electrons. The molecule has 0 aliphatic carbocycles. The van der Waals surface area contributed by atoms with Crippen LogP contribution in [0.1, 0.15) is 35.8 Å². The lowest BCUT2D eigenvalue weighted by Gasteiger charge is -2.33. The smallest absolute Gasteiger partial charge is 0.361 e. The molecule has 1 saturated heterocycles. The average molecular weight is 521 g/mol. The number of hydrogen-bond acceptors (Lipinski definition) is 7. The summed E-state index contributed by atoms with van der Waals surface area (Å²) in [5, 5.41) is 10.8. The third kappa shape index (κ3) is 5.98. The molecule has 10 heteroatoms. The molecule has 1 aliphatic heterocycles. The Bertz CT molecular complexity index is 1110. The van der Waals surface area contributed by atoms with E-state index < -0.39 is 5.97 Å². The van der Waals surface area contributed by atoms with Crippen LogP contribution in [-0.2, 0) is 11.3 Å². The number of hydrogen-bond donors (Lipinski definition) is 0. The van der Waals surface area contributed by atoms with Gasteiger partial charge < -0.3 is 14.4 Å². The number of benzene rings is 2. The van der Waals surface area contributed by atoms with Crippen molar-refractivity contribution >= 4 is 46.6 Å². The summed E-state index contributed by atoms with van der Waals surface area (Å²) in [5.41, 5.74) is 2.33. The molecule has 0 spiro atoms. The summed E-state index contributed by atoms with van der Waals surface area (Å²) >= 11 is 14.0. The van der Waals surface area contributed by atoms with Crippen LogP contribution in [0, 0.1) is 0 Å². The monoisotopic (exact) mass is 520 g/mol. The number of halogens is 2. The first kappa shape index (κ1) is 24.7. The summed E-state index contributed by atoms with van der Waals surface area (Å²) in [6, 6.07) is 13.4. The Balaban J connectivity index is 1.49. The highest BCUT2D eigenvalue weighted by atomic mass is 35.5. The highest BCUT2D eigenvalue weighted by Crippen LogP contribution is 2.35. The average Bonchev–Trinajstić information content (AvgIpc) is 3.21. The summed E-state index contributed by atoms with van der Waals surface area (Å²) in [7, 11) is 1.64.